The molecule has 2 N–H and O–H groups in total. The minimum Gasteiger partial charge on any atom is -0.311 e. The Balaban J connectivity index is 1.27. The fourth-order valence-corrected chi connectivity index (χ4v) is 4.90. The lowest BCUT2D eigenvalue weighted by Gasteiger charge is -2.29. The average Bonchev–Trinajstić information content (AvgIpc) is 3.29. The van der Waals surface area contributed by atoms with Gasteiger partial charge in [0.05, 0.1) is 6.04 Å². The van der Waals surface area contributed by atoms with Crippen molar-refractivity contribution in [3.8, 4) is 0 Å². The summed E-state index contributed by atoms with van der Waals surface area (Å²) in [6, 6.07) is 7.99. The molecule has 0 spiro atoms. The van der Waals surface area contributed by atoms with E-state index in [-0.39, 0.29) is 17.9 Å². The van der Waals surface area contributed by atoms with Crippen molar-refractivity contribution in [2.45, 2.75) is 57.0 Å². The first-order valence-electron chi connectivity index (χ1n) is 9.31. The number of amides is 2. The van der Waals surface area contributed by atoms with Crippen LogP contribution in [0.3, 0.4) is 0 Å². The van der Waals surface area contributed by atoms with Gasteiger partial charge in [0, 0.05) is 51.2 Å². The summed E-state index contributed by atoms with van der Waals surface area (Å²) >= 11 is 0. The van der Waals surface area contributed by atoms with Crippen molar-refractivity contribution in [1.29, 1.82) is 0 Å². The van der Waals surface area contributed by atoms with Gasteiger partial charge in [-0.1, -0.05) is 18.2 Å². The Hall–Kier alpha value is -1.76. The van der Waals surface area contributed by atoms with Crippen LogP contribution in [0.5, 0.6) is 0 Å². The number of likely N-dealkylation sites (tertiary alicyclic amines) is 1. The van der Waals surface area contributed by atoms with Crippen LogP contribution in [-0.2, 0) is 29.2 Å². The number of benzene rings is 1. The molecular weight excluding hydrogens is 316 g/mol. The Morgan fingerprint density at radius 3 is 2.80 bits per heavy atom. The Morgan fingerprint density at radius 1 is 1.16 bits per heavy atom. The number of carbonyl (C=O) groups is 2. The lowest BCUT2D eigenvalue weighted by atomic mass is 10.0. The molecule has 3 fully saturated rings. The molecule has 4 aliphatic heterocycles. The van der Waals surface area contributed by atoms with Crippen molar-refractivity contribution >= 4 is 11.8 Å². The number of rotatable bonds is 3. The van der Waals surface area contributed by atoms with Gasteiger partial charge in [-0.15, -0.1) is 0 Å². The molecule has 6 nitrogen and oxygen atoms in total. The van der Waals surface area contributed by atoms with Gasteiger partial charge in [0.2, 0.25) is 11.8 Å². The molecule has 4 aliphatic rings. The van der Waals surface area contributed by atoms with Crippen LogP contribution in [-0.4, -0.2) is 52.8 Å². The van der Waals surface area contributed by atoms with Gasteiger partial charge in [0.1, 0.15) is 0 Å². The molecule has 6 heteroatoms. The minimum atomic E-state index is -0.172. The number of carbonyl (C=O) groups excluding carboxylic acids is 2. The van der Waals surface area contributed by atoms with Crippen molar-refractivity contribution < 1.29 is 9.59 Å². The van der Waals surface area contributed by atoms with Crippen LogP contribution in [0.4, 0.5) is 0 Å². The molecule has 0 radical (unpaired) electrons. The van der Waals surface area contributed by atoms with E-state index in [4.69, 9.17) is 0 Å². The minimum absolute atomic E-state index is 0.134. The average molecular weight is 340 g/mol. The number of nitrogens with zero attached hydrogens (tertiary/aromatic N) is 2. The number of nitrogens with one attached hydrogen (secondary N) is 2. The van der Waals surface area contributed by atoms with Crippen LogP contribution in [0.25, 0.3) is 0 Å². The number of hydrogen-bond donors (Lipinski definition) is 2. The summed E-state index contributed by atoms with van der Waals surface area (Å²) < 4.78 is 0. The van der Waals surface area contributed by atoms with E-state index in [0.717, 1.165) is 32.7 Å². The standard InChI is InChI=1S/C19H24N4O2/c24-18-4-3-17(19(25)21-18)23-9-13-2-1-12(5-14(13)10-23)8-22-11-15-6-16(22)7-20-15/h1-2,5,15-17,20H,3-4,6-11H2,(H,21,24,25). The Bertz CT molecular complexity index is 734. The predicted octanol–water partition coefficient (Wildman–Crippen LogP) is 0.354. The van der Waals surface area contributed by atoms with Gasteiger partial charge in [-0.2, -0.15) is 0 Å². The molecule has 5 rings (SSSR count). The lowest BCUT2D eigenvalue weighted by molar-refractivity contribution is -0.137. The van der Waals surface area contributed by atoms with Gasteiger partial charge in [0.25, 0.3) is 0 Å². The van der Waals surface area contributed by atoms with E-state index in [2.05, 4.69) is 38.6 Å². The molecule has 1 aromatic rings. The van der Waals surface area contributed by atoms with Crippen LogP contribution in [0.15, 0.2) is 18.2 Å². The highest BCUT2D eigenvalue weighted by molar-refractivity contribution is 6.00. The van der Waals surface area contributed by atoms with E-state index in [1.165, 1.54) is 23.1 Å². The van der Waals surface area contributed by atoms with E-state index in [1.54, 1.807) is 0 Å². The maximum absolute atomic E-state index is 12.1. The summed E-state index contributed by atoms with van der Waals surface area (Å²) in [6.07, 6.45) is 2.36. The van der Waals surface area contributed by atoms with Crippen molar-refractivity contribution in [3.63, 3.8) is 0 Å². The zero-order valence-electron chi connectivity index (χ0n) is 14.3. The van der Waals surface area contributed by atoms with Crippen LogP contribution in [0, 0.1) is 0 Å². The van der Waals surface area contributed by atoms with Crippen LogP contribution < -0.4 is 10.6 Å². The van der Waals surface area contributed by atoms with Crippen molar-refractivity contribution in [3.05, 3.63) is 34.9 Å². The molecule has 2 amide bonds. The fraction of sp³-hybridized carbons (Fsp3) is 0.579. The second-order valence-electron chi connectivity index (χ2n) is 7.90. The van der Waals surface area contributed by atoms with Crippen molar-refractivity contribution in [1.82, 2.24) is 20.4 Å². The number of fused-ring (bicyclic) bond motifs is 3. The SMILES string of the molecule is O=C1CCC(N2Cc3ccc(CN4CC5CC4CN5)cc3C2)C(=O)N1. The summed E-state index contributed by atoms with van der Waals surface area (Å²) in [5, 5.41) is 6.03. The summed E-state index contributed by atoms with van der Waals surface area (Å²) in [5.74, 6) is -0.278. The third kappa shape index (κ3) is 2.78. The first-order valence-corrected chi connectivity index (χ1v) is 9.31. The van der Waals surface area contributed by atoms with Crippen molar-refractivity contribution in [2.75, 3.05) is 13.1 Å². The molecule has 3 unspecified atom stereocenters. The highest BCUT2D eigenvalue weighted by Gasteiger charge is 2.38. The topological polar surface area (TPSA) is 64.7 Å². The third-order valence-electron chi connectivity index (χ3n) is 6.22. The van der Waals surface area contributed by atoms with E-state index in [1.807, 2.05) is 0 Å². The Kier molecular flexibility index (Phi) is 3.66. The Labute approximate surface area is 147 Å². The number of imide groups is 1. The maximum atomic E-state index is 12.1. The number of piperazine rings is 1. The van der Waals surface area contributed by atoms with E-state index in [9.17, 15) is 9.59 Å². The molecule has 0 aromatic heterocycles. The molecular formula is C19H24N4O2. The fourth-order valence-electron chi connectivity index (χ4n) is 4.90. The first-order chi connectivity index (χ1) is 12.2. The second-order valence-corrected chi connectivity index (χ2v) is 7.90. The zero-order valence-corrected chi connectivity index (χ0v) is 14.3. The van der Waals surface area contributed by atoms with Crippen LogP contribution >= 0.6 is 0 Å². The molecule has 0 saturated carbocycles. The molecule has 2 bridgehead atoms. The summed E-state index contributed by atoms with van der Waals surface area (Å²) in [4.78, 5) is 28.3. The normalized spacial score (nSPS) is 32.2. The van der Waals surface area contributed by atoms with E-state index in [0.29, 0.717) is 24.9 Å². The maximum Gasteiger partial charge on any atom is 0.243 e. The summed E-state index contributed by atoms with van der Waals surface area (Å²) in [7, 11) is 0. The predicted molar refractivity (Wildman–Crippen MR) is 92.5 cm³/mol. The lowest BCUT2D eigenvalue weighted by Crippen LogP contribution is -2.50. The quantitative estimate of drug-likeness (QED) is 0.778. The Morgan fingerprint density at radius 2 is 2.04 bits per heavy atom. The molecule has 132 valence electrons. The molecule has 3 saturated heterocycles. The van der Waals surface area contributed by atoms with Gasteiger partial charge >= 0.3 is 0 Å². The molecule has 25 heavy (non-hydrogen) atoms. The number of hydrogen-bond acceptors (Lipinski definition) is 5. The van der Waals surface area contributed by atoms with E-state index >= 15 is 0 Å². The zero-order chi connectivity index (χ0) is 17.0. The second kappa shape index (κ2) is 5.90. The highest BCUT2D eigenvalue weighted by atomic mass is 16.2. The molecule has 0 aliphatic carbocycles. The highest BCUT2D eigenvalue weighted by Crippen LogP contribution is 2.30. The summed E-state index contributed by atoms with van der Waals surface area (Å²) in [6.45, 7) is 4.92. The number of piperidine rings is 1. The van der Waals surface area contributed by atoms with Crippen LogP contribution in [0.1, 0.15) is 36.0 Å². The smallest absolute Gasteiger partial charge is 0.243 e. The summed E-state index contributed by atoms with van der Waals surface area (Å²) in [5.41, 5.74) is 4.03. The monoisotopic (exact) mass is 340 g/mol. The van der Waals surface area contributed by atoms with Crippen LogP contribution in [0.2, 0.25) is 0 Å². The van der Waals surface area contributed by atoms with Gasteiger partial charge in [-0.25, -0.2) is 0 Å². The van der Waals surface area contributed by atoms with Gasteiger partial charge in [0.15, 0.2) is 0 Å². The van der Waals surface area contributed by atoms with E-state index < -0.39 is 0 Å². The molecule has 1 aromatic carbocycles. The van der Waals surface area contributed by atoms with Crippen molar-refractivity contribution in [2.24, 2.45) is 0 Å². The first kappa shape index (κ1) is 15.5. The third-order valence-corrected chi connectivity index (χ3v) is 6.22. The molecule has 4 heterocycles. The van der Waals surface area contributed by atoms with Gasteiger partial charge < -0.3 is 5.32 Å². The van der Waals surface area contributed by atoms with Gasteiger partial charge in [-0.05, 0) is 29.5 Å². The largest absolute Gasteiger partial charge is 0.311 e. The molecule has 3 atom stereocenters. The van der Waals surface area contributed by atoms with Gasteiger partial charge in [-0.3, -0.25) is 24.7 Å².